The van der Waals surface area contributed by atoms with Crippen LogP contribution in [0.2, 0.25) is 0 Å². The first-order valence-corrected chi connectivity index (χ1v) is 7.07. The molecule has 0 radical (unpaired) electrons. The minimum absolute atomic E-state index is 0.0728. The molecule has 0 spiro atoms. The Morgan fingerprint density at radius 2 is 2.24 bits per heavy atom. The van der Waals surface area contributed by atoms with E-state index in [2.05, 4.69) is 15.3 Å². The fourth-order valence-electron chi connectivity index (χ4n) is 1.99. The summed E-state index contributed by atoms with van der Waals surface area (Å²) in [4.78, 5) is 19.0. The van der Waals surface area contributed by atoms with Crippen LogP contribution in [0.15, 0.2) is 34.2 Å². The third-order valence-corrected chi connectivity index (χ3v) is 4.08. The summed E-state index contributed by atoms with van der Waals surface area (Å²) in [5, 5.41) is 16.9. The van der Waals surface area contributed by atoms with Gasteiger partial charge in [-0.2, -0.15) is 4.98 Å². The summed E-state index contributed by atoms with van der Waals surface area (Å²) in [6.45, 7) is 3.88. The lowest BCUT2D eigenvalue weighted by molar-refractivity contribution is -0.383. The van der Waals surface area contributed by atoms with Crippen molar-refractivity contribution in [3.05, 3.63) is 44.9 Å². The van der Waals surface area contributed by atoms with Crippen LogP contribution in [0.4, 0.5) is 11.7 Å². The first-order valence-electron chi connectivity index (χ1n) is 6.19. The zero-order valence-electron chi connectivity index (χ0n) is 11.4. The number of oxazole rings is 1. The molecule has 1 N–H and O–H groups in total. The number of para-hydroxylation sites is 1. The van der Waals surface area contributed by atoms with Crippen molar-refractivity contribution in [2.24, 2.45) is 0 Å². The van der Waals surface area contributed by atoms with Crippen molar-refractivity contribution in [1.82, 2.24) is 9.97 Å². The van der Waals surface area contributed by atoms with E-state index in [1.807, 2.05) is 19.2 Å². The molecule has 2 heterocycles. The van der Waals surface area contributed by atoms with Crippen LogP contribution in [0.3, 0.4) is 0 Å². The van der Waals surface area contributed by atoms with Crippen LogP contribution in [-0.2, 0) is 5.54 Å². The van der Waals surface area contributed by atoms with Crippen molar-refractivity contribution in [2.75, 3.05) is 5.32 Å². The third kappa shape index (κ3) is 2.45. The Labute approximate surface area is 123 Å². The highest BCUT2D eigenvalue weighted by Crippen LogP contribution is 2.31. The SMILES string of the molecule is CC(C)(Nc1nc2c([N+](=O)[O-])cccc2o1)c1nccs1. The summed E-state index contributed by atoms with van der Waals surface area (Å²) in [6.07, 6.45) is 1.72. The number of nitro groups is 1. The number of hydrogen-bond donors (Lipinski definition) is 1. The van der Waals surface area contributed by atoms with Gasteiger partial charge in [0.25, 0.3) is 11.7 Å². The van der Waals surface area contributed by atoms with Gasteiger partial charge in [-0.05, 0) is 19.9 Å². The van der Waals surface area contributed by atoms with Crippen molar-refractivity contribution < 1.29 is 9.34 Å². The predicted octanol–water partition coefficient (Wildman–Crippen LogP) is 3.54. The molecule has 0 fully saturated rings. The number of thiazole rings is 1. The number of fused-ring (bicyclic) bond motifs is 1. The van der Waals surface area contributed by atoms with E-state index in [4.69, 9.17) is 4.42 Å². The average Bonchev–Trinajstić information content (AvgIpc) is 3.06. The standard InChI is InChI=1S/C13H12N4O3S/c1-13(2,11-14-6-7-21-11)16-12-15-10-8(17(18)19)4-3-5-9(10)20-12/h3-7H,1-2H3,(H,15,16). The number of nitro benzene ring substituents is 1. The van der Waals surface area contributed by atoms with Gasteiger partial charge in [0, 0.05) is 17.6 Å². The molecule has 7 nitrogen and oxygen atoms in total. The number of non-ortho nitro benzene ring substituents is 1. The lowest BCUT2D eigenvalue weighted by Gasteiger charge is -2.22. The highest BCUT2D eigenvalue weighted by molar-refractivity contribution is 7.09. The van der Waals surface area contributed by atoms with Gasteiger partial charge >= 0.3 is 0 Å². The Hall–Kier alpha value is -2.48. The minimum atomic E-state index is -0.482. The number of rotatable bonds is 4. The second-order valence-corrected chi connectivity index (χ2v) is 5.88. The zero-order chi connectivity index (χ0) is 15.0. The normalized spacial score (nSPS) is 11.7. The molecule has 0 atom stereocenters. The van der Waals surface area contributed by atoms with Crippen molar-refractivity contribution in [3.8, 4) is 0 Å². The lowest BCUT2D eigenvalue weighted by Crippen LogP contribution is -2.27. The van der Waals surface area contributed by atoms with Gasteiger partial charge in [-0.3, -0.25) is 10.1 Å². The van der Waals surface area contributed by atoms with Gasteiger partial charge in [0.1, 0.15) is 5.01 Å². The van der Waals surface area contributed by atoms with E-state index in [1.165, 1.54) is 17.4 Å². The van der Waals surface area contributed by atoms with Gasteiger partial charge in [0.15, 0.2) is 11.1 Å². The molecule has 0 amide bonds. The quantitative estimate of drug-likeness (QED) is 0.585. The van der Waals surface area contributed by atoms with Crippen molar-refractivity contribution in [1.29, 1.82) is 0 Å². The number of anilines is 1. The van der Waals surface area contributed by atoms with Crippen LogP contribution >= 0.6 is 11.3 Å². The van der Waals surface area contributed by atoms with E-state index in [-0.39, 0.29) is 17.2 Å². The van der Waals surface area contributed by atoms with Gasteiger partial charge in [0.05, 0.1) is 10.5 Å². The van der Waals surface area contributed by atoms with Gasteiger partial charge in [-0.1, -0.05) is 6.07 Å². The number of nitrogens with one attached hydrogen (secondary N) is 1. The molecule has 108 valence electrons. The molecule has 0 aliphatic heterocycles. The Kier molecular flexibility index (Phi) is 3.09. The fourth-order valence-corrected chi connectivity index (χ4v) is 2.71. The maximum Gasteiger partial charge on any atom is 0.298 e. The summed E-state index contributed by atoms with van der Waals surface area (Å²) in [5.74, 6) is 0. The maximum atomic E-state index is 11.0. The van der Waals surface area contributed by atoms with Crippen LogP contribution in [0, 0.1) is 10.1 Å². The van der Waals surface area contributed by atoms with Gasteiger partial charge in [-0.15, -0.1) is 11.3 Å². The molecule has 3 aromatic rings. The van der Waals surface area contributed by atoms with Crippen LogP contribution in [-0.4, -0.2) is 14.9 Å². The summed E-state index contributed by atoms with van der Waals surface area (Å²) in [7, 11) is 0. The molecule has 3 rings (SSSR count). The summed E-state index contributed by atoms with van der Waals surface area (Å²) in [6, 6.07) is 4.86. The van der Waals surface area contributed by atoms with E-state index in [9.17, 15) is 10.1 Å². The summed E-state index contributed by atoms with van der Waals surface area (Å²) in [5.41, 5.74) is 0.0574. The lowest BCUT2D eigenvalue weighted by atomic mass is 10.1. The second kappa shape index (κ2) is 4.81. The molecule has 21 heavy (non-hydrogen) atoms. The minimum Gasteiger partial charge on any atom is -0.423 e. The monoisotopic (exact) mass is 304 g/mol. The fraction of sp³-hybridized carbons (Fsp3) is 0.231. The average molecular weight is 304 g/mol. The molecule has 0 aliphatic carbocycles. The maximum absolute atomic E-state index is 11.0. The molecule has 0 bridgehead atoms. The number of hydrogen-bond acceptors (Lipinski definition) is 7. The zero-order valence-corrected chi connectivity index (χ0v) is 12.2. The number of nitrogens with zero attached hydrogens (tertiary/aromatic N) is 3. The van der Waals surface area contributed by atoms with E-state index in [0.717, 1.165) is 5.01 Å². The van der Waals surface area contributed by atoms with Crippen molar-refractivity contribution in [3.63, 3.8) is 0 Å². The van der Waals surface area contributed by atoms with Gasteiger partial charge in [0.2, 0.25) is 0 Å². The number of benzene rings is 1. The van der Waals surface area contributed by atoms with Crippen LogP contribution < -0.4 is 5.32 Å². The van der Waals surface area contributed by atoms with E-state index in [1.54, 1.807) is 18.3 Å². The van der Waals surface area contributed by atoms with Gasteiger partial charge in [-0.25, -0.2) is 4.98 Å². The molecule has 2 aromatic heterocycles. The van der Waals surface area contributed by atoms with E-state index < -0.39 is 10.5 Å². The van der Waals surface area contributed by atoms with Crippen molar-refractivity contribution in [2.45, 2.75) is 19.4 Å². The first-order chi connectivity index (χ1) is 9.97. The Morgan fingerprint density at radius 1 is 1.43 bits per heavy atom. The number of aromatic nitrogens is 2. The molecule has 0 unspecified atom stereocenters. The summed E-state index contributed by atoms with van der Waals surface area (Å²) < 4.78 is 5.54. The first kappa shape index (κ1) is 13.5. The smallest absolute Gasteiger partial charge is 0.298 e. The molecule has 0 saturated heterocycles. The Morgan fingerprint density at radius 3 is 2.90 bits per heavy atom. The predicted molar refractivity (Wildman–Crippen MR) is 79.4 cm³/mol. The van der Waals surface area contributed by atoms with Crippen LogP contribution in [0.25, 0.3) is 11.1 Å². The van der Waals surface area contributed by atoms with Gasteiger partial charge < -0.3 is 9.73 Å². The summed E-state index contributed by atoms with van der Waals surface area (Å²) >= 11 is 1.51. The van der Waals surface area contributed by atoms with Crippen molar-refractivity contribution >= 4 is 34.1 Å². The molecule has 0 saturated carbocycles. The van der Waals surface area contributed by atoms with Crippen LogP contribution in [0.5, 0.6) is 0 Å². The van der Waals surface area contributed by atoms with Crippen LogP contribution in [0.1, 0.15) is 18.9 Å². The van der Waals surface area contributed by atoms with E-state index in [0.29, 0.717) is 5.58 Å². The topological polar surface area (TPSA) is 94.1 Å². The highest BCUT2D eigenvalue weighted by atomic mass is 32.1. The molecular weight excluding hydrogens is 292 g/mol. The Bertz CT molecular complexity index is 795. The highest BCUT2D eigenvalue weighted by Gasteiger charge is 2.26. The van der Waals surface area contributed by atoms with E-state index >= 15 is 0 Å². The largest absolute Gasteiger partial charge is 0.423 e. The molecule has 0 aliphatic rings. The molecule has 1 aromatic carbocycles. The molecular formula is C13H12N4O3S. The molecule has 8 heteroatoms. The third-order valence-electron chi connectivity index (χ3n) is 2.98. The second-order valence-electron chi connectivity index (χ2n) is 4.99. The Balaban J connectivity index is 1.99.